The van der Waals surface area contributed by atoms with Gasteiger partial charge in [-0.1, -0.05) is 31.2 Å². The van der Waals surface area contributed by atoms with Crippen LogP contribution >= 0.6 is 23.4 Å². The van der Waals surface area contributed by atoms with E-state index in [9.17, 15) is 4.79 Å². The molecule has 1 amide bonds. The van der Waals surface area contributed by atoms with Crippen molar-refractivity contribution in [2.75, 3.05) is 18.8 Å². The Balaban J connectivity index is 1.73. The monoisotopic (exact) mass is 311 g/mol. The summed E-state index contributed by atoms with van der Waals surface area (Å²) < 4.78 is 0. The highest BCUT2D eigenvalue weighted by molar-refractivity contribution is 7.99. The van der Waals surface area contributed by atoms with Gasteiger partial charge in [0.05, 0.1) is 5.75 Å². The number of thioether (sulfide) groups is 1. The highest BCUT2D eigenvalue weighted by Crippen LogP contribution is 2.19. The van der Waals surface area contributed by atoms with Crippen LogP contribution in [-0.4, -0.2) is 29.6 Å². The standard InChI is InChI=1S/C16H22ClNOS/c1-13-5-7-18(8-6-13)16(19)12-20-11-15-4-2-3-14(9-15)10-17/h2-4,9,13H,5-8,10-12H2,1H3. The molecule has 2 rings (SSSR count). The number of benzene rings is 1. The maximum absolute atomic E-state index is 12.1. The summed E-state index contributed by atoms with van der Waals surface area (Å²) in [6.07, 6.45) is 2.29. The summed E-state index contributed by atoms with van der Waals surface area (Å²) in [4.78, 5) is 14.1. The quantitative estimate of drug-likeness (QED) is 0.768. The van der Waals surface area contributed by atoms with E-state index in [2.05, 4.69) is 19.1 Å². The Morgan fingerprint density at radius 1 is 1.35 bits per heavy atom. The van der Waals surface area contributed by atoms with Gasteiger partial charge in [-0.2, -0.15) is 0 Å². The zero-order valence-corrected chi connectivity index (χ0v) is 13.6. The van der Waals surface area contributed by atoms with Gasteiger partial charge in [-0.05, 0) is 29.9 Å². The summed E-state index contributed by atoms with van der Waals surface area (Å²) in [5, 5.41) is 0. The molecule has 0 spiro atoms. The zero-order valence-electron chi connectivity index (χ0n) is 12.0. The second-order valence-electron chi connectivity index (χ2n) is 5.51. The summed E-state index contributed by atoms with van der Waals surface area (Å²) in [5.41, 5.74) is 2.38. The van der Waals surface area contributed by atoms with Crippen molar-refractivity contribution in [1.29, 1.82) is 0 Å². The van der Waals surface area contributed by atoms with Gasteiger partial charge in [0.1, 0.15) is 0 Å². The zero-order chi connectivity index (χ0) is 14.4. The number of likely N-dealkylation sites (tertiary alicyclic amines) is 1. The van der Waals surface area contributed by atoms with E-state index < -0.39 is 0 Å². The average Bonchev–Trinajstić information content (AvgIpc) is 2.48. The molecule has 0 atom stereocenters. The van der Waals surface area contributed by atoms with Gasteiger partial charge in [-0.3, -0.25) is 4.79 Å². The molecule has 0 saturated carbocycles. The number of nitrogens with zero attached hydrogens (tertiary/aromatic N) is 1. The first-order valence-electron chi connectivity index (χ1n) is 7.18. The Kier molecular flexibility index (Phi) is 6.24. The summed E-state index contributed by atoms with van der Waals surface area (Å²) in [5.74, 6) is 3.06. The number of alkyl halides is 1. The molecular formula is C16H22ClNOS. The first-order chi connectivity index (χ1) is 9.69. The van der Waals surface area contributed by atoms with Crippen molar-refractivity contribution < 1.29 is 4.79 Å². The van der Waals surface area contributed by atoms with Crippen molar-refractivity contribution in [3.8, 4) is 0 Å². The number of halogens is 1. The van der Waals surface area contributed by atoms with Gasteiger partial charge in [0.2, 0.25) is 5.91 Å². The Morgan fingerprint density at radius 2 is 2.05 bits per heavy atom. The molecule has 0 N–H and O–H groups in total. The van der Waals surface area contributed by atoms with Crippen LogP contribution in [0.4, 0.5) is 0 Å². The summed E-state index contributed by atoms with van der Waals surface area (Å²) in [7, 11) is 0. The first kappa shape index (κ1) is 15.7. The normalized spacial score (nSPS) is 16.4. The number of hydrogen-bond donors (Lipinski definition) is 0. The smallest absolute Gasteiger partial charge is 0.232 e. The first-order valence-corrected chi connectivity index (χ1v) is 8.87. The second kappa shape index (κ2) is 7.94. The van der Waals surface area contributed by atoms with Crippen molar-refractivity contribution in [2.24, 2.45) is 5.92 Å². The minimum atomic E-state index is 0.287. The van der Waals surface area contributed by atoms with E-state index in [1.54, 1.807) is 11.8 Å². The topological polar surface area (TPSA) is 20.3 Å². The molecule has 1 aromatic carbocycles. The third-order valence-electron chi connectivity index (χ3n) is 3.78. The van der Waals surface area contributed by atoms with E-state index >= 15 is 0 Å². The lowest BCUT2D eigenvalue weighted by Crippen LogP contribution is -2.38. The number of carbonyl (C=O) groups excluding carboxylic acids is 1. The van der Waals surface area contributed by atoms with E-state index in [1.807, 2.05) is 17.0 Å². The van der Waals surface area contributed by atoms with Crippen molar-refractivity contribution in [3.05, 3.63) is 35.4 Å². The van der Waals surface area contributed by atoms with Gasteiger partial charge < -0.3 is 4.90 Å². The van der Waals surface area contributed by atoms with Gasteiger partial charge in [0.25, 0.3) is 0 Å². The fourth-order valence-corrected chi connectivity index (χ4v) is 3.45. The van der Waals surface area contributed by atoms with Crippen LogP contribution in [0.3, 0.4) is 0 Å². The number of amides is 1. The van der Waals surface area contributed by atoms with Crippen molar-refractivity contribution in [1.82, 2.24) is 4.90 Å². The molecule has 0 aromatic heterocycles. The third kappa shape index (κ3) is 4.71. The van der Waals surface area contributed by atoms with Gasteiger partial charge in [-0.15, -0.1) is 23.4 Å². The predicted octanol–water partition coefficient (Wildman–Crippen LogP) is 3.92. The number of hydrogen-bond acceptors (Lipinski definition) is 2. The van der Waals surface area contributed by atoms with E-state index in [1.165, 1.54) is 5.56 Å². The Hall–Kier alpha value is -0.670. The van der Waals surface area contributed by atoms with E-state index in [4.69, 9.17) is 11.6 Å². The molecule has 1 aromatic rings. The molecule has 1 heterocycles. The van der Waals surface area contributed by atoms with Gasteiger partial charge in [0, 0.05) is 24.7 Å². The van der Waals surface area contributed by atoms with Crippen LogP contribution in [0, 0.1) is 5.92 Å². The maximum atomic E-state index is 12.1. The van der Waals surface area contributed by atoms with Crippen molar-refractivity contribution >= 4 is 29.3 Å². The summed E-state index contributed by atoms with van der Waals surface area (Å²) in [6.45, 7) is 4.13. The molecule has 2 nitrogen and oxygen atoms in total. The fraction of sp³-hybridized carbons (Fsp3) is 0.562. The highest BCUT2D eigenvalue weighted by atomic mass is 35.5. The molecule has 0 aliphatic carbocycles. The fourth-order valence-electron chi connectivity index (χ4n) is 2.41. The van der Waals surface area contributed by atoms with Crippen LogP contribution in [0.2, 0.25) is 0 Å². The van der Waals surface area contributed by atoms with Crippen LogP contribution in [0.5, 0.6) is 0 Å². The summed E-state index contributed by atoms with van der Waals surface area (Å²) in [6, 6.07) is 8.27. The van der Waals surface area contributed by atoms with Crippen LogP contribution in [-0.2, 0) is 16.4 Å². The van der Waals surface area contributed by atoms with Crippen LogP contribution in [0.1, 0.15) is 30.9 Å². The lowest BCUT2D eigenvalue weighted by Gasteiger charge is -2.30. The Morgan fingerprint density at radius 3 is 2.75 bits per heavy atom. The molecule has 0 radical (unpaired) electrons. The van der Waals surface area contributed by atoms with E-state index in [0.29, 0.717) is 11.6 Å². The molecule has 1 aliphatic heterocycles. The molecular weight excluding hydrogens is 290 g/mol. The molecule has 1 fully saturated rings. The van der Waals surface area contributed by atoms with Crippen LogP contribution < -0.4 is 0 Å². The minimum absolute atomic E-state index is 0.287. The molecule has 0 bridgehead atoms. The lowest BCUT2D eigenvalue weighted by molar-refractivity contribution is -0.129. The number of rotatable bonds is 5. The Bertz CT molecular complexity index is 444. The molecule has 1 aliphatic rings. The van der Waals surface area contributed by atoms with Gasteiger partial charge >= 0.3 is 0 Å². The van der Waals surface area contributed by atoms with E-state index in [0.717, 1.165) is 43.2 Å². The van der Waals surface area contributed by atoms with E-state index in [-0.39, 0.29) is 5.91 Å². The minimum Gasteiger partial charge on any atom is -0.342 e. The second-order valence-corrected chi connectivity index (χ2v) is 6.76. The molecule has 4 heteroatoms. The van der Waals surface area contributed by atoms with Gasteiger partial charge in [0.15, 0.2) is 0 Å². The lowest BCUT2D eigenvalue weighted by atomic mass is 9.99. The highest BCUT2D eigenvalue weighted by Gasteiger charge is 2.19. The summed E-state index contributed by atoms with van der Waals surface area (Å²) >= 11 is 7.52. The average molecular weight is 312 g/mol. The number of carbonyl (C=O) groups is 1. The Labute approximate surface area is 130 Å². The molecule has 1 saturated heterocycles. The SMILES string of the molecule is CC1CCN(C(=O)CSCc2cccc(CCl)c2)CC1. The predicted molar refractivity (Wildman–Crippen MR) is 87.1 cm³/mol. The van der Waals surface area contributed by atoms with Gasteiger partial charge in [-0.25, -0.2) is 0 Å². The van der Waals surface area contributed by atoms with Crippen molar-refractivity contribution in [2.45, 2.75) is 31.4 Å². The van der Waals surface area contributed by atoms with Crippen molar-refractivity contribution in [3.63, 3.8) is 0 Å². The largest absolute Gasteiger partial charge is 0.342 e. The van der Waals surface area contributed by atoms with Crippen LogP contribution in [0.15, 0.2) is 24.3 Å². The third-order valence-corrected chi connectivity index (χ3v) is 5.07. The maximum Gasteiger partial charge on any atom is 0.232 e. The molecule has 20 heavy (non-hydrogen) atoms. The van der Waals surface area contributed by atoms with Crippen LogP contribution in [0.25, 0.3) is 0 Å². The number of piperidine rings is 1. The molecule has 0 unspecified atom stereocenters. The molecule has 110 valence electrons.